The van der Waals surface area contributed by atoms with Gasteiger partial charge in [0, 0.05) is 12.2 Å². The van der Waals surface area contributed by atoms with Crippen LogP contribution in [0.4, 0.5) is 10.1 Å². The Balaban J connectivity index is 2.03. The highest BCUT2D eigenvalue weighted by Crippen LogP contribution is 2.14. The maximum Gasteiger partial charge on any atom is 0.253 e. The van der Waals surface area contributed by atoms with Crippen LogP contribution >= 0.6 is 0 Å². The molecular weight excluding hydrogens is 247 g/mol. The zero-order valence-corrected chi connectivity index (χ0v) is 10.1. The van der Waals surface area contributed by atoms with E-state index in [0.717, 1.165) is 11.6 Å². The Bertz CT molecular complexity index is 597. The van der Waals surface area contributed by atoms with Gasteiger partial charge in [0.2, 0.25) is 0 Å². The lowest BCUT2D eigenvalue weighted by molar-refractivity contribution is 0.0952. The summed E-state index contributed by atoms with van der Waals surface area (Å²) >= 11 is 0. The topological polar surface area (TPSA) is 75.4 Å². The Kier molecular flexibility index (Phi) is 3.66. The molecule has 0 atom stereocenters. The number of carbonyl (C=O) groups is 1. The van der Waals surface area contributed by atoms with E-state index < -0.39 is 5.82 Å². The van der Waals surface area contributed by atoms with Crippen molar-refractivity contribution in [2.24, 2.45) is 0 Å². The highest BCUT2D eigenvalue weighted by Gasteiger charge is 2.09. The summed E-state index contributed by atoms with van der Waals surface area (Å²) in [4.78, 5) is 11.9. The first-order valence-electron chi connectivity index (χ1n) is 5.67. The second-order valence-electron chi connectivity index (χ2n) is 4.08. The van der Waals surface area contributed by atoms with Crippen LogP contribution < -0.4 is 11.1 Å². The Labute approximate surface area is 109 Å². The molecular formula is C14H13FN2O2. The molecule has 4 nitrogen and oxygen atoms in total. The first-order valence-corrected chi connectivity index (χ1v) is 5.67. The van der Waals surface area contributed by atoms with Crippen molar-refractivity contribution in [2.75, 3.05) is 5.73 Å². The van der Waals surface area contributed by atoms with Crippen molar-refractivity contribution >= 4 is 11.6 Å². The number of phenols is 1. The van der Waals surface area contributed by atoms with Crippen LogP contribution in [-0.2, 0) is 6.54 Å². The maximum absolute atomic E-state index is 12.9. The van der Waals surface area contributed by atoms with Crippen LogP contribution in [0, 0.1) is 5.82 Å². The molecule has 0 aliphatic carbocycles. The summed E-state index contributed by atoms with van der Waals surface area (Å²) in [5, 5.41) is 11.8. The number of hydrogen-bond donors (Lipinski definition) is 3. The van der Waals surface area contributed by atoms with Crippen LogP contribution in [0.5, 0.6) is 5.75 Å². The van der Waals surface area contributed by atoms with E-state index in [4.69, 9.17) is 10.8 Å². The molecule has 2 rings (SSSR count). The first kappa shape index (κ1) is 12.9. The van der Waals surface area contributed by atoms with Crippen molar-refractivity contribution in [3.8, 4) is 5.75 Å². The van der Waals surface area contributed by atoms with Crippen LogP contribution in [-0.4, -0.2) is 11.0 Å². The summed E-state index contributed by atoms with van der Waals surface area (Å²) in [6.45, 7) is 0.302. The summed E-state index contributed by atoms with van der Waals surface area (Å²) in [5.41, 5.74) is 6.75. The van der Waals surface area contributed by atoms with Crippen LogP contribution in [0.3, 0.4) is 0 Å². The molecule has 5 heteroatoms. The van der Waals surface area contributed by atoms with E-state index in [-0.39, 0.29) is 22.9 Å². The minimum atomic E-state index is -0.479. The van der Waals surface area contributed by atoms with Gasteiger partial charge in [0.1, 0.15) is 11.6 Å². The van der Waals surface area contributed by atoms with Gasteiger partial charge in [0.05, 0.1) is 5.56 Å². The largest absolute Gasteiger partial charge is 0.508 e. The first-order chi connectivity index (χ1) is 9.06. The Morgan fingerprint density at radius 2 is 1.89 bits per heavy atom. The van der Waals surface area contributed by atoms with E-state index in [1.807, 2.05) is 0 Å². The Morgan fingerprint density at radius 1 is 1.21 bits per heavy atom. The van der Waals surface area contributed by atoms with Gasteiger partial charge in [-0.3, -0.25) is 4.79 Å². The molecule has 0 aliphatic heterocycles. The minimum absolute atomic E-state index is 0.100. The molecule has 0 spiro atoms. The third-order valence-corrected chi connectivity index (χ3v) is 2.65. The van der Waals surface area contributed by atoms with E-state index in [1.54, 1.807) is 12.1 Å². The number of benzene rings is 2. The normalized spacial score (nSPS) is 10.2. The van der Waals surface area contributed by atoms with E-state index in [0.29, 0.717) is 6.54 Å². The highest BCUT2D eigenvalue weighted by molar-refractivity contribution is 5.99. The van der Waals surface area contributed by atoms with Gasteiger partial charge in [-0.1, -0.05) is 12.1 Å². The molecule has 2 aromatic carbocycles. The lowest BCUT2D eigenvalue weighted by Crippen LogP contribution is -2.23. The summed E-state index contributed by atoms with van der Waals surface area (Å²) in [6, 6.07) is 10.1. The van der Waals surface area contributed by atoms with E-state index in [1.165, 1.54) is 24.3 Å². The highest BCUT2D eigenvalue weighted by atomic mass is 19.1. The van der Waals surface area contributed by atoms with Crippen molar-refractivity contribution in [2.45, 2.75) is 6.54 Å². The third-order valence-electron chi connectivity index (χ3n) is 2.65. The van der Waals surface area contributed by atoms with Gasteiger partial charge in [-0.05, 0) is 35.9 Å². The van der Waals surface area contributed by atoms with Crippen molar-refractivity contribution in [1.82, 2.24) is 5.32 Å². The quantitative estimate of drug-likeness (QED) is 0.739. The third kappa shape index (κ3) is 3.22. The molecule has 0 fully saturated rings. The lowest BCUT2D eigenvalue weighted by Gasteiger charge is -2.07. The second kappa shape index (κ2) is 5.39. The molecule has 4 N–H and O–H groups in total. The molecule has 0 bridgehead atoms. The predicted molar refractivity (Wildman–Crippen MR) is 70.1 cm³/mol. The van der Waals surface area contributed by atoms with Crippen molar-refractivity contribution in [1.29, 1.82) is 0 Å². The molecule has 0 heterocycles. The number of aromatic hydroxyl groups is 1. The van der Waals surface area contributed by atoms with Gasteiger partial charge in [-0.25, -0.2) is 4.39 Å². The Morgan fingerprint density at radius 3 is 2.53 bits per heavy atom. The fraction of sp³-hybridized carbons (Fsp3) is 0.0714. The summed E-state index contributed by atoms with van der Waals surface area (Å²) < 4.78 is 12.9. The summed E-state index contributed by atoms with van der Waals surface area (Å²) in [5.74, 6) is -0.684. The van der Waals surface area contributed by atoms with Gasteiger partial charge < -0.3 is 16.2 Å². The number of carbonyl (C=O) groups excluding carboxylic acids is 1. The van der Waals surface area contributed by atoms with Gasteiger partial charge in [-0.2, -0.15) is 0 Å². The monoisotopic (exact) mass is 260 g/mol. The average molecular weight is 260 g/mol. The van der Waals surface area contributed by atoms with Gasteiger partial charge in [0.15, 0.2) is 0 Å². The molecule has 0 radical (unpaired) electrons. The maximum atomic E-state index is 12.9. The summed E-state index contributed by atoms with van der Waals surface area (Å²) in [6.07, 6.45) is 0. The molecule has 2 aromatic rings. The molecule has 0 saturated carbocycles. The van der Waals surface area contributed by atoms with Gasteiger partial charge >= 0.3 is 0 Å². The van der Waals surface area contributed by atoms with Crippen LogP contribution in [0.25, 0.3) is 0 Å². The molecule has 0 aromatic heterocycles. The smallest absolute Gasteiger partial charge is 0.253 e. The molecule has 19 heavy (non-hydrogen) atoms. The number of hydrogen-bond acceptors (Lipinski definition) is 3. The number of amides is 1. The Hall–Kier alpha value is -2.56. The molecule has 1 amide bonds. The lowest BCUT2D eigenvalue weighted by atomic mass is 10.1. The second-order valence-corrected chi connectivity index (χ2v) is 4.08. The molecule has 0 saturated heterocycles. The number of halogens is 1. The van der Waals surface area contributed by atoms with Crippen molar-refractivity contribution in [3.05, 3.63) is 59.4 Å². The van der Waals surface area contributed by atoms with E-state index >= 15 is 0 Å². The van der Waals surface area contributed by atoms with Crippen molar-refractivity contribution < 1.29 is 14.3 Å². The minimum Gasteiger partial charge on any atom is -0.508 e. The fourth-order valence-corrected chi connectivity index (χ4v) is 1.63. The zero-order chi connectivity index (χ0) is 13.8. The number of nitrogens with one attached hydrogen (secondary N) is 1. The zero-order valence-electron chi connectivity index (χ0n) is 10.1. The van der Waals surface area contributed by atoms with E-state index in [9.17, 15) is 9.18 Å². The van der Waals surface area contributed by atoms with Crippen molar-refractivity contribution in [3.63, 3.8) is 0 Å². The van der Waals surface area contributed by atoms with Gasteiger partial charge in [0.25, 0.3) is 5.91 Å². The standard InChI is InChI=1S/C14H13FN2O2/c15-10-3-6-12(13(16)7-10)14(19)17-8-9-1-4-11(18)5-2-9/h1-7,18H,8,16H2,(H,17,19). The van der Waals surface area contributed by atoms with Crippen LogP contribution in [0.2, 0.25) is 0 Å². The average Bonchev–Trinajstić information content (AvgIpc) is 2.37. The summed E-state index contributed by atoms with van der Waals surface area (Å²) in [7, 11) is 0. The van der Waals surface area contributed by atoms with Crippen LogP contribution in [0.1, 0.15) is 15.9 Å². The predicted octanol–water partition coefficient (Wildman–Crippen LogP) is 2.04. The van der Waals surface area contributed by atoms with E-state index in [2.05, 4.69) is 5.32 Å². The number of phenolic OH excluding ortho intramolecular Hbond substituents is 1. The van der Waals surface area contributed by atoms with Crippen LogP contribution in [0.15, 0.2) is 42.5 Å². The molecule has 98 valence electrons. The molecule has 0 aliphatic rings. The fourth-order valence-electron chi connectivity index (χ4n) is 1.63. The number of anilines is 1. The number of nitrogens with two attached hydrogens (primary N) is 1. The van der Waals surface area contributed by atoms with Gasteiger partial charge in [-0.15, -0.1) is 0 Å². The SMILES string of the molecule is Nc1cc(F)ccc1C(=O)NCc1ccc(O)cc1. The number of rotatable bonds is 3. The number of nitrogen functional groups attached to an aromatic ring is 1. The molecule has 0 unspecified atom stereocenters.